The minimum atomic E-state index is -0.675. The maximum Gasteiger partial charge on any atom is 0.307 e. The van der Waals surface area contributed by atoms with Gasteiger partial charge in [0.05, 0.1) is 13.0 Å². The van der Waals surface area contributed by atoms with E-state index in [1.807, 2.05) is 19.1 Å². The van der Waals surface area contributed by atoms with E-state index in [1.165, 1.54) is 0 Å². The molecule has 1 N–H and O–H groups in total. The van der Waals surface area contributed by atoms with E-state index in [1.54, 1.807) is 7.11 Å². The van der Waals surface area contributed by atoms with Gasteiger partial charge in [0, 0.05) is 5.92 Å². The van der Waals surface area contributed by atoms with Crippen LogP contribution < -0.4 is 4.74 Å². The van der Waals surface area contributed by atoms with Crippen LogP contribution in [0.4, 0.5) is 0 Å². The fraction of sp³-hybridized carbons (Fsp3) is 0.611. The van der Waals surface area contributed by atoms with Gasteiger partial charge in [-0.3, -0.25) is 4.79 Å². The SMILES string of the molecule is COc1ccc(C)cc1C1CC(C(C)C)CCC1C(=O)O. The molecule has 3 nitrogen and oxygen atoms in total. The van der Waals surface area contributed by atoms with Crippen molar-refractivity contribution in [1.29, 1.82) is 0 Å². The lowest BCUT2D eigenvalue weighted by Gasteiger charge is -2.36. The van der Waals surface area contributed by atoms with Crippen LogP contribution in [0.3, 0.4) is 0 Å². The van der Waals surface area contributed by atoms with Crippen LogP contribution in [0.15, 0.2) is 18.2 Å². The molecule has 1 aliphatic carbocycles. The van der Waals surface area contributed by atoms with Crippen molar-refractivity contribution < 1.29 is 14.6 Å². The highest BCUT2D eigenvalue weighted by atomic mass is 16.5. The average Bonchev–Trinajstić information content (AvgIpc) is 2.46. The van der Waals surface area contributed by atoms with E-state index in [4.69, 9.17) is 4.74 Å². The molecule has 116 valence electrons. The molecule has 0 radical (unpaired) electrons. The van der Waals surface area contributed by atoms with Crippen LogP contribution in [0.25, 0.3) is 0 Å². The van der Waals surface area contributed by atoms with E-state index < -0.39 is 5.97 Å². The van der Waals surface area contributed by atoms with Crippen LogP contribution in [0.2, 0.25) is 0 Å². The van der Waals surface area contributed by atoms with Crippen molar-refractivity contribution in [2.75, 3.05) is 7.11 Å². The monoisotopic (exact) mass is 290 g/mol. The summed E-state index contributed by atoms with van der Waals surface area (Å²) in [6.45, 7) is 6.51. The smallest absolute Gasteiger partial charge is 0.307 e. The van der Waals surface area contributed by atoms with Crippen molar-refractivity contribution in [2.24, 2.45) is 17.8 Å². The van der Waals surface area contributed by atoms with Crippen molar-refractivity contribution in [3.05, 3.63) is 29.3 Å². The zero-order valence-corrected chi connectivity index (χ0v) is 13.4. The highest BCUT2D eigenvalue weighted by molar-refractivity contribution is 5.72. The Balaban J connectivity index is 2.39. The number of ether oxygens (including phenoxy) is 1. The summed E-state index contributed by atoms with van der Waals surface area (Å²) in [5.74, 6) is 1.09. The Morgan fingerprint density at radius 3 is 2.62 bits per heavy atom. The molecule has 0 bridgehead atoms. The molecule has 3 atom stereocenters. The fourth-order valence-electron chi connectivity index (χ4n) is 3.59. The number of hydrogen-bond donors (Lipinski definition) is 1. The molecule has 1 aromatic rings. The second-order valence-electron chi connectivity index (χ2n) is 6.61. The van der Waals surface area contributed by atoms with Crippen LogP contribution >= 0.6 is 0 Å². The highest BCUT2D eigenvalue weighted by Crippen LogP contribution is 2.45. The van der Waals surface area contributed by atoms with E-state index in [-0.39, 0.29) is 11.8 Å². The molecule has 1 saturated carbocycles. The van der Waals surface area contributed by atoms with Crippen molar-refractivity contribution >= 4 is 5.97 Å². The third-order valence-electron chi connectivity index (χ3n) is 4.94. The van der Waals surface area contributed by atoms with E-state index in [0.717, 1.165) is 36.1 Å². The third-order valence-corrected chi connectivity index (χ3v) is 4.94. The van der Waals surface area contributed by atoms with Crippen molar-refractivity contribution in [3.8, 4) is 5.75 Å². The van der Waals surface area contributed by atoms with Gasteiger partial charge in [0.25, 0.3) is 0 Å². The number of benzene rings is 1. The maximum atomic E-state index is 11.7. The van der Waals surface area contributed by atoms with E-state index in [2.05, 4.69) is 19.9 Å². The number of rotatable bonds is 4. The first kappa shape index (κ1) is 15.9. The Labute approximate surface area is 127 Å². The molecule has 2 rings (SSSR count). The van der Waals surface area contributed by atoms with E-state index in [0.29, 0.717) is 11.8 Å². The van der Waals surface area contributed by atoms with Crippen molar-refractivity contribution in [3.63, 3.8) is 0 Å². The molecule has 0 amide bonds. The maximum absolute atomic E-state index is 11.7. The summed E-state index contributed by atoms with van der Waals surface area (Å²) in [6.07, 6.45) is 2.72. The summed E-state index contributed by atoms with van der Waals surface area (Å²) in [5.41, 5.74) is 2.22. The van der Waals surface area contributed by atoms with Crippen molar-refractivity contribution in [1.82, 2.24) is 0 Å². The molecule has 1 fully saturated rings. The van der Waals surface area contributed by atoms with Gasteiger partial charge < -0.3 is 9.84 Å². The van der Waals surface area contributed by atoms with Gasteiger partial charge in [-0.15, -0.1) is 0 Å². The minimum absolute atomic E-state index is 0.0542. The summed E-state index contributed by atoms with van der Waals surface area (Å²) in [4.78, 5) is 11.7. The van der Waals surface area contributed by atoms with Gasteiger partial charge in [0.15, 0.2) is 0 Å². The van der Waals surface area contributed by atoms with Crippen LogP contribution in [0.5, 0.6) is 5.75 Å². The fourth-order valence-corrected chi connectivity index (χ4v) is 3.59. The second-order valence-corrected chi connectivity index (χ2v) is 6.61. The average molecular weight is 290 g/mol. The summed E-state index contributed by atoms with van der Waals surface area (Å²) in [6, 6.07) is 6.07. The molecule has 0 heterocycles. The van der Waals surface area contributed by atoms with Crippen molar-refractivity contribution in [2.45, 2.75) is 46.0 Å². The second kappa shape index (κ2) is 6.50. The molecule has 21 heavy (non-hydrogen) atoms. The largest absolute Gasteiger partial charge is 0.496 e. The van der Waals surface area contributed by atoms with Crippen LogP contribution in [0.1, 0.15) is 50.2 Å². The quantitative estimate of drug-likeness (QED) is 0.902. The lowest BCUT2D eigenvalue weighted by molar-refractivity contribution is -0.144. The van der Waals surface area contributed by atoms with E-state index in [9.17, 15) is 9.90 Å². The number of aryl methyl sites for hydroxylation is 1. The Morgan fingerprint density at radius 1 is 1.33 bits per heavy atom. The summed E-state index contributed by atoms with van der Waals surface area (Å²) in [5, 5.41) is 9.59. The summed E-state index contributed by atoms with van der Waals surface area (Å²) < 4.78 is 5.48. The third kappa shape index (κ3) is 3.39. The van der Waals surface area contributed by atoms with Gasteiger partial charge in [-0.05, 0) is 49.7 Å². The van der Waals surface area contributed by atoms with Crippen LogP contribution in [-0.4, -0.2) is 18.2 Å². The molecular weight excluding hydrogens is 264 g/mol. The highest BCUT2D eigenvalue weighted by Gasteiger charge is 2.38. The Kier molecular flexibility index (Phi) is 4.92. The summed E-state index contributed by atoms with van der Waals surface area (Å²) >= 11 is 0. The zero-order chi connectivity index (χ0) is 15.6. The molecule has 0 saturated heterocycles. The van der Waals surface area contributed by atoms with Gasteiger partial charge >= 0.3 is 5.97 Å². The molecule has 0 spiro atoms. The first-order valence-electron chi connectivity index (χ1n) is 7.81. The normalized spacial score (nSPS) is 25.9. The Bertz CT molecular complexity index is 507. The number of carboxylic acid groups (broad SMARTS) is 1. The molecule has 0 aromatic heterocycles. The molecule has 0 aliphatic heterocycles. The van der Waals surface area contributed by atoms with Gasteiger partial charge in [0.1, 0.15) is 5.75 Å². The van der Waals surface area contributed by atoms with Crippen LogP contribution in [-0.2, 0) is 4.79 Å². The Hall–Kier alpha value is -1.51. The number of methoxy groups -OCH3 is 1. The topological polar surface area (TPSA) is 46.5 Å². The lowest BCUT2D eigenvalue weighted by Crippen LogP contribution is -2.31. The van der Waals surface area contributed by atoms with Crippen LogP contribution in [0, 0.1) is 24.7 Å². The molecular formula is C18H26O3. The molecule has 3 heteroatoms. The number of carbonyl (C=O) groups is 1. The molecule has 3 unspecified atom stereocenters. The number of carboxylic acids is 1. The predicted octanol–water partition coefficient (Wildman–Crippen LogP) is 4.24. The summed E-state index contributed by atoms with van der Waals surface area (Å²) in [7, 11) is 1.66. The van der Waals surface area contributed by atoms with E-state index >= 15 is 0 Å². The minimum Gasteiger partial charge on any atom is -0.496 e. The van der Waals surface area contributed by atoms with Gasteiger partial charge in [-0.25, -0.2) is 0 Å². The lowest BCUT2D eigenvalue weighted by atomic mass is 9.68. The Morgan fingerprint density at radius 2 is 2.05 bits per heavy atom. The predicted molar refractivity (Wildman–Crippen MR) is 83.8 cm³/mol. The standard InChI is InChI=1S/C18H26O3/c1-11(2)13-6-7-14(18(19)20)15(10-13)16-9-12(3)5-8-17(16)21-4/h5,8-9,11,13-15H,6-7,10H2,1-4H3,(H,19,20). The number of hydrogen-bond acceptors (Lipinski definition) is 2. The molecule has 1 aromatic carbocycles. The first-order chi connectivity index (χ1) is 9.93. The zero-order valence-electron chi connectivity index (χ0n) is 13.4. The first-order valence-corrected chi connectivity index (χ1v) is 7.81. The number of aliphatic carboxylic acids is 1. The van der Waals surface area contributed by atoms with Gasteiger partial charge in [0.2, 0.25) is 0 Å². The van der Waals surface area contributed by atoms with Gasteiger partial charge in [-0.1, -0.05) is 31.5 Å². The molecule has 1 aliphatic rings. The van der Waals surface area contributed by atoms with Gasteiger partial charge in [-0.2, -0.15) is 0 Å².